The molecule has 2 amide bonds. The van der Waals surface area contributed by atoms with Crippen molar-refractivity contribution < 1.29 is 9.59 Å². The van der Waals surface area contributed by atoms with Gasteiger partial charge in [0.15, 0.2) is 0 Å². The summed E-state index contributed by atoms with van der Waals surface area (Å²) < 4.78 is 1.90. The number of carbonyl (C=O) groups excluding carboxylic acids is 2. The summed E-state index contributed by atoms with van der Waals surface area (Å²) in [5, 5.41) is 4.26. The maximum atomic E-state index is 12.9. The standard InChI is InChI=1S/C16H24N4O2/c1-2-18-11-13(10-15(18)21)16(22)20-9-4-3-6-14(20)12-19-8-5-7-17-19/h5,7-8,13-14H,2-4,6,9-12H2,1H3. The predicted octanol–water partition coefficient (Wildman–Crippen LogP) is 1.13. The zero-order valence-corrected chi connectivity index (χ0v) is 13.1. The maximum absolute atomic E-state index is 12.9. The van der Waals surface area contributed by atoms with Crippen molar-refractivity contribution in [3.05, 3.63) is 18.5 Å². The summed E-state index contributed by atoms with van der Waals surface area (Å²) >= 11 is 0. The van der Waals surface area contributed by atoms with Crippen LogP contribution in [0, 0.1) is 5.92 Å². The Labute approximate surface area is 131 Å². The van der Waals surface area contributed by atoms with Crippen LogP contribution in [0.1, 0.15) is 32.6 Å². The Morgan fingerprint density at radius 2 is 2.27 bits per heavy atom. The Hall–Kier alpha value is -1.85. The summed E-state index contributed by atoms with van der Waals surface area (Å²) in [7, 11) is 0. The molecule has 0 aromatic carbocycles. The lowest BCUT2D eigenvalue weighted by Crippen LogP contribution is -2.48. The van der Waals surface area contributed by atoms with Crippen molar-refractivity contribution in [3.63, 3.8) is 0 Å². The van der Waals surface area contributed by atoms with Gasteiger partial charge >= 0.3 is 0 Å². The topological polar surface area (TPSA) is 58.4 Å². The van der Waals surface area contributed by atoms with E-state index in [1.165, 1.54) is 0 Å². The largest absolute Gasteiger partial charge is 0.342 e. The highest BCUT2D eigenvalue weighted by Gasteiger charge is 2.38. The van der Waals surface area contributed by atoms with E-state index in [-0.39, 0.29) is 23.8 Å². The third-order valence-corrected chi connectivity index (χ3v) is 4.81. The van der Waals surface area contributed by atoms with Crippen molar-refractivity contribution >= 4 is 11.8 Å². The first-order chi connectivity index (χ1) is 10.7. The van der Waals surface area contributed by atoms with Gasteiger partial charge in [-0.1, -0.05) is 0 Å². The molecule has 3 rings (SSSR count). The van der Waals surface area contributed by atoms with Crippen LogP contribution in [-0.2, 0) is 16.1 Å². The van der Waals surface area contributed by atoms with E-state index in [1.54, 1.807) is 11.1 Å². The molecule has 0 spiro atoms. The number of nitrogens with zero attached hydrogens (tertiary/aromatic N) is 4. The lowest BCUT2D eigenvalue weighted by molar-refractivity contribution is -0.139. The molecule has 120 valence electrons. The highest BCUT2D eigenvalue weighted by molar-refractivity contribution is 5.89. The van der Waals surface area contributed by atoms with Crippen molar-refractivity contribution in [3.8, 4) is 0 Å². The summed E-state index contributed by atoms with van der Waals surface area (Å²) in [5.74, 6) is 0.105. The second-order valence-corrected chi connectivity index (χ2v) is 6.24. The second kappa shape index (κ2) is 6.50. The number of carbonyl (C=O) groups is 2. The van der Waals surface area contributed by atoms with E-state index in [0.29, 0.717) is 19.5 Å². The normalized spacial score (nSPS) is 25.8. The number of hydrogen-bond donors (Lipinski definition) is 0. The van der Waals surface area contributed by atoms with Crippen LogP contribution >= 0.6 is 0 Å². The van der Waals surface area contributed by atoms with Crippen molar-refractivity contribution in [2.24, 2.45) is 5.92 Å². The highest BCUT2D eigenvalue weighted by atomic mass is 16.2. The lowest BCUT2D eigenvalue weighted by atomic mass is 9.98. The molecule has 2 atom stereocenters. The molecule has 3 heterocycles. The van der Waals surface area contributed by atoms with Crippen molar-refractivity contribution in [1.29, 1.82) is 0 Å². The van der Waals surface area contributed by atoms with Gasteiger partial charge in [0.2, 0.25) is 11.8 Å². The Kier molecular flexibility index (Phi) is 4.45. The summed E-state index contributed by atoms with van der Waals surface area (Å²) in [6, 6.07) is 2.11. The molecular formula is C16H24N4O2. The first-order valence-electron chi connectivity index (χ1n) is 8.24. The zero-order valence-electron chi connectivity index (χ0n) is 13.1. The lowest BCUT2D eigenvalue weighted by Gasteiger charge is -2.37. The summed E-state index contributed by atoms with van der Waals surface area (Å²) in [4.78, 5) is 28.5. The molecular weight excluding hydrogens is 280 g/mol. The van der Waals surface area contributed by atoms with Crippen LogP contribution < -0.4 is 0 Å². The van der Waals surface area contributed by atoms with Gasteiger partial charge < -0.3 is 9.80 Å². The molecule has 6 nitrogen and oxygen atoms in total. The van der Waals surface area contributed by atoms with Gasteiger partial charge in [-0.2, -0.15) is 5.10 Å². The molecule has 0 saturated carbocycles. The molecule has 2 unspecified atom stereocenters. The molecule has 1 aromatic rings. The average Bonchev–Trinajstić information content (AvgIpc) is 3.16. The number of hydrogen-bond acceptors (Lipinski definition) is 3. The van der Waals surface area contributed by atoms with Gasteiger partial charge in [0.1, 0.15) is 0 Å². The molecule has 6 heteroatoms. The first kappa shape index (κ1) is 15.1. The van der Waals surface area contributed by atoms with Gasteiger partial charge in [-0.3, -0.25) is 14.3 Å². The predicted molar refractivity (Wildman–Crippen MR) is 81.9 cm³/mol. The molecule has 1 aromatic heterocycles. The first-order valence-corrected chi connectivity index (χ1v) is 8.24. The van der Waals surface area contributed by atoms with Crippen molar-refractivity contribution in [2.75, 3.05) is 19.6 Å². The van der Waals surface area contributed by atoms with Crippen LogP contribution in [0.3, 0.4) is 0 Å². The molecule has 2 aliphatic rings. The molecule has 2 fully saturated rings. The number of aromatic nitrogens is 2. The van der Waals surface area contributed by atoms with Gasteiger partial charge in [-0.25, -0.2) is 0 Å². The van der Waals surface area contributed by atoms with E-state index in [2.05, 4.69) is 5.10 Å². The molecule has 0 bridgehead atoms. The fourth-order valence-electron chi connectivity index (χ4n) is 3.58. The van der Waals surface area contributed by atoms with Gasteiger partial charge in [0.25, 0.3) is 0 Å². The number of piperidine rings is 1. The quantitative estimate of drug-likeness (QED) is 0.838. The fraction of sp³-hybridized carbons (Fsp3) is 0.688. The number of likely N-dealkylation sites (tertiary alicyclic amines) is 2. The smallest absolute Gasteiger partial charge is 0.228 e. The van der Waals surface area contributed by atoms with Gasteiger partial charge in [-0.15, -0.1) is 0 Å². The molecule has 0 N–H and O–H groups in total. The Morgan fingerprint density at radius 1 is 1.41 bits per heavy atom. The van der Waals surface area contributed by atoms with Crippen molar-refractivity contribution in [1.82, 2.24) is 19.6 Å². The molecule has 2 aliphatic heterocycles. The minimum absolute atomic E-state index is 0.112. The Balaban J connectivity index is 1.68. The Bertz CT molecular complexity index is 528. The van der Waals surface area contributed by atoms with Gasteiger partial charge in [0.05, 0.1) is 18.5 Å². The van der Waals surface area contributed by atoms with Crippen LogP contribution in [0.5, 0.6) is 0 Å². The summed E-state index contributed by atoms with van der Waals surface area (Å²) in [6.45, 7) is 4.79. The monoisotopic (exact) mass is 304 g/mol. The SMILES string of the molecule is CCN1CC(C(=O)N2CCCCC2Cn2cccn2)CC1=O. The molecule has 0 aliphatic carbocycles. The van der Waals surface area contributed by atoms with E-state index in [1.807, 2.05) is 28.8 Å². The average molecular weight is 304 g/mol. The van der Waals surface area contributed by atoms with Crippen LogP contribution in [0.4, 0.5) is 0 Å². The summed E-state index contributed by atoms with van der Waals surface area (Å²) in [6.07, 6.45) is 7.31. The fourth-order valence-corrected chi connectivity index (χ4v) is 3.58. The zero-order chi connectivity index (χ0) is 15.5. The van der Waals surface area contributed by atoms with Gasteiger partial charge in [0, 0.05) is 38.4 Å². The molecule has 0 radical (unpaired) electrons. The maximum Gasteiger partial charge on any atom is 0.228 e. The Morgan fingerprint density at radius 3 is 2.95 bits per heavy atom. The summed E-state index contributed by atoms with van der Waals surface area (Å²) in [5.41, 5.74) is 0. The van der Waals surface area contributed by atoms with Crippen LogP contribution in [0.25, 0.3) is 0 Å². The van der Waals surface area contributed by atoms with Crippen LogP contribution in [-0.4, -0.2) is 57.1 Å². The van der Waals surface area contributed by atoms with Crippen molar-refractivity contribution in [2.45, 2.75) is 45.2 Å². The highest BCUT2D eigenvalue weighted by Crippen LogP contribution is 2.25. The van der Waals surface area contributed by atoms with E-state index in [0.717, 1.165) is 32.4 Å². The number of rotatable bonds is 4. The van der Waals surface area contributed by atoms with Crippen LogP contribution in [0.2, 0.25) is 0 Å². The van der Waals surface area contributed by atoms with Crippen LogP contribution in [0.15, 0.2) is 18.5 Å². The van der Waals surface area contributed by atoms with E-state index >= 15 is 0 Å². The van der Waals surface area contributed by atoms with Gasteiger partial charge in [-0.05, 0) is 32.3 Å². The van der Waals surface area contributed by atoms with E-state index in [9.17, 15) is 9.59 Å². The third-order valence-electron chi connectivity index (χ3n) is 4.81. The molecule has 22 heavy (non-hydrogen) atoms. The van der Waals surface area contributed by atoms with E-state index in [4.69, 9.17) is 0 Å². The van der Waals surface area contributed by atoms with E-state index < -0.39 is 0 Å². The minimum Gasteiger partial charge on any atom is -0.342 e. The third kappa shape index (κ3) is 3.00. The minimum atomic E-state index is -0.161. The molecule has 2 saturated heterocycles. The second-order valence-electron chi connectivity index (χ2n) is 6.24. The number of amides is 2.